The summed E-state index contributed by atoms with van der Waals surface area (Å²) in [6.07, 6.45) is 1.87. The number of benzene rings is 2. The van der Waals surface area contributed by atoms with Crippen molar-refractivity contribution < 1.29 is 14.3 Å². The number of methoxy groups -OCH3 is 1. The van der Waals surface area contributed by atoms with Crippen molar-refractivity contribution in [3.05, 3.63) is 60.2 Å². The Balaban J connectivity index is 1.40. The third-order valence-electron chi connectivity index (χ3n) is 5.49. The van der Waals surface area contributed by atoms with Crippen molar-refractivity contribution in [3.8, 4) is 17.0 Å². The highest BCUT2D eigenvalue weighted by molar-refractivity contribution is 5.97. The molecule has 1 aromatic heterocycles. The smallest absolute Gasteiger partial charge is 0.251 e. The number of hydrogen-bond acceptors (Lipinski definition) is 5. The van der Waals surface area contributed by atoms with Crippen LogP contribution in [-0.2, 0) is 4.79 Å². The number of rotatable bonds is 6. The van der Waals surface area contributed by atoms with Gasteiger partial charge in [-0.25, -0.2) is 0 Å². The highest BCUT2D eigenvalue weighted by Gasteiger charge is 2.24. The van der Waals surface area contributed by atoms with Crippen LogP contribution in [0.3, 0.4) is 0 Å². The second kappa shape index (κ2) is 9.55. The summed E-state index contributed by atoms with van der Waals surface area (Å²) >= 11 is 0. The van der Waals surface area contributed by atoms with E-state index < -0.39 is 0 Å². The van der Waals surface area contributed by atoms with E-state index in [4.69, 9.17) is 4.74 Å². The Bertz CT molecular complexity index is 1090. The molecule has 3 N–H and O–H groups in total. The van der Waals surface area contributed by atoms with E-state index >= 15 is 0 Å². The summed E-state index contributed by atoms with van der Waals surface area (Å²) in [6, 6.07) is 16.8. The quantitative estimate of drug-likeness (QED) is 0.553. The summed E-state index contributed by atoms with van der Waals surface area (Å²) in [4.78, 5) is 26.2. The van der Waals surface area contributed by atoms with Crippen LogP contribution in [0, 0.1) is 0 Å². The van der Waals surface area contributed by atoms with Gasteiger partial charge < -0.3 is 20.3 Å². The zero-order chi connectivity index (χ0) is 22.5. The van der Waals surface area contributed by atoms with E-state index in [2.05, 4.69) is 25.7 Å². The Hall–Kier alpha value is -3.81. The molecule has 1 saturated heterocycles. The maximum atomic E-state index is 12.8. The second-order valence-electron chi connectivity index (χ2n) is 7.89. The van der Waals surface area contributed by atoms with Gasteiger partial charge in [-0.05, 0) is 60.9 Å². The first kappa shape index (κ1) is 21.4. The summed E-state index contributed by atoms with van der Waals surface area (Å²) in [5.41, 5.74) is 3.10. The number of aromatic nitrogens is 2. The molecule has 0 aliphatic carbocycles. The number of amides is 2. The zero-order valence-corrected chi connectivity index (χ0v) is 18.2. The topological polar surface area (TPSA) is 99.3 Å². The highest BCUT2D eigenvalue weighted by atomic mass is 16.5. The van der Waals surface area contributed by atoms with E-state index in [1.165, 1.54) is 6.92 Å². The zero-order valence-electron chi connectivity index (χ0n) is 18.2. The Morgan fingerprint density at radius 1 is 1.16 bits per heavy atom. The maximum Gasteiger partial charge on any atom is 0.251 e. The predicted octanol–water partition coefficient (Wildman–Crippen LogP) is 3.44. The van der Waals surface area contributed by atoms with Gasteiger partial charge in [-0.15, -0.1) is 0 Å². The van der Waals surface area contributed by atoms with Crippen LogP contribution in [0.15, 0.2) is 54.6 Å². The molecule has 1 aliphatic heterocycles. The molecule has 0 bridgehead atoms. The fourth-order valence-corrected chi connectivity index (χ4v) is 3.90. The van der Waals surface area contributed by atoms with Gasteiger partial charge in [0.15, 0.2) is 5.82 Å². The van der Waals surface area contributed by atoms with Crippen LogP contribution in [0.1, 0.15) is 30.1 Å². The molecule has 0 spiro atoms. The fraction of sp³-hybridized carbons (Fsp3) is 0.292. The van der Waals surface area contributed by atoms with Crippen molar-refractivity contribution in [3.63, 3.8) is 0 Å². The number of aromatic amines is 1. The average molecular weight is 434 g/mol. The molecule has 8 heteroatoms. The second-order valence-corrected chi connectivity index (χ2v) is 7.89. The van der Waals surface area contributed by atoms with Crippen LogP contribution in [0.2, 0.25) is 0 Å². The summed E-state index contributed by atoms with van der Waals surface area (Å²) in [5, 5.41) is 13.4. The van der Waals surface area contributed by atoms with Crippen LogP contribution in [0.25, 0.3) is 11.3 Å². The van der Waals surface area contributed by atoms with Gasteiger partial charge in [-0.3, -0.25) is 14.7 Å². The number of H-pyrrole nitrogens is 1. The van der Waals surface area contributed by atoms with Gasteiger partial charge in [0, 0.05) is 43.4 Å². The van der Waals surface area contributed by atoms with E-state index in [1.54, 1.807) is 31.4 Å². The number of nitrogens with one attached hydrogen (secondary N) is 3. The minimum Gasteiger partial charge on any atom is -0.497 e. The van der Waals surface area contributed by atoms with E-state index in [-0.39, 0.29) is 17.9 Å². The molecular weight excluding hydrogens is 406 g/mol. The van der Waals surface area contributed by atoms with Gasteiger partial charge in [-0.1, -0.05) is 6.07 Å². The Kier molecular flexibility index (Phi) is 6.39. The standard InChI is InChI=1S/C24H27N5O3/c1-16(30)25-19-6-3-5-18(13-19)24(31)26-20-7-4-12-29(15-20)23-14-22(27-28-23)17-8-10-21(32-2)11-9-17/h3,5-6,8-11,13-14,20H,4,7,12,15H2,1-2H3,(H,25,30)(H,26,31)(H,27,28)/t20-/m0/s1. The SMILES string of the molecule is COc1ccc(-c2cc(N3CCC[C@H](NC(=O)c4cccc(NC(C)=O)c4)C3)n[nH]2)cc1. The number of carbonyl (C=O) groups excluding carboxylic acids is 2. The van der Waals surface area contributed by atoms with Gasteiger partial charge in [0.1, 0.15) is 5.75 Å². The lowest BCUT2D eigenvalue weighted by molar-refractivity contribution is -0.114. The molecule has 1 atom stereocenters. The fourth-order valence-electron chi connectivity index (χ4n) is 3.90. The molecule has 1 fully saturated rings. The average Bonchev–Trinajstić information content (AvgIpc) is 3.29. The number of carbonyl (C=O) groups is 2. The van der Waals surface area contributed by atoms with Crippen molar-refractivity contribution in [2.75, 3.05) is 30.4 Å². The van der Waals surface area contributed by atoms with Gasteiger partial charge in [0.25, 0.3) is 5.91 Å². The summed E-state index contributed by atoms with van der Waals surface area (Å²) in [6.45, 7) is 3.01. The number of hydrogen-bond donors (Lipinski definition) is 3. The molecule has 1 aliphatic rings. The third-order valence-corrected chi connectivity index (χ3v) is 5.49. The molecule has 3 aromatic rings. The first-order chi connectivity index (χ1) is 15.5. The largest absolute Gasteiger partial charge is 0.497 e. The third kappa shape index (κ3) is 5.08. The lowest BCUT2D eigenvalue weighted by Crippen LogP contribution is -2.48. The first-order valence-electron chi connectivity index (χ1n) is 10.6. The molecule has 2 aromatic carbocycles. The van der Waals surface area contributed by atoms with E-state index in [1.807, 2.05) is 30.3 Å². The molecule has 0 saturated carbocycles. The molecule has 8 nitrogen and oxygen atoms in total. The summed E-state index contributed by atoms with van der Waals surface area (Å²) < 4.78 is 5.22. The molecule has 166 valence electrons. The lowest BCUT2D eigenvalue weighted by Gasteiger charge is -2.33. The normalized spacial score (nSPS) is 15.8. The summed E-state index contributed by atoms with van der Waals surface area (Å²) in [5.74, 6) is 1.36. The molecule has 32 heavy (non-hydrogen) atoms. The van der Waals surface area contributed by atoms with Crippen molar-refractivity contribution in [1.29, 1.82) is 0 Å². The molecular formula is C24H27N5O3. The Morgan fingerprint density at radius 2 is 1.97 bits per heavy atom. The van der Waals surface area contributed by atoms with Crippen molar-refractivity contribution in [2.45, 2.75) is 25.8 Å². The number of anilines is 2. The van der Waals surface area contributed by atoms with Crippen molar-refractivity contribution in [2.24, 2.45) is 0 Å². The minimum absolute atomic E-state index is 0.0156. The molecule has 2 amide bonds. The Labute approximate surface area is 187 Å². The van der Waals surface area contributed by atoms with Crippen LogP contribution in [0.4, 0.5) is 11.5 Å². The van der Waals surface area contributed by atoms with E-state index in [0.717, 1.165) is 42.2 Å². The van der Waals surface area contributed by atoms with Crippen molar-refractivity contribution in [1.82, 2.24) is 15.5 Å². The van der Waals surface area contributed by atoms with Crippen LogP contribution >= 0.6 is 0 Å². The number of nitrogens with zero attached hydrogens (tertiary/aromatic N) is 2. The first-order valence-corrected chi connectivity index (χ1v) is 10.6. The predicted molar refractivity (Wildman–Crippen MR) is 124 cm³/mol. The molecule has 0 radical (unpaired) electrons. The van der Waals surface area contributed by atoms with Crippen molar-refractivity contribution >= 4 is 23.3 Å². The van der Waals surface area contributed by atoms with Gasteiger partial charge in [0.2, 0.25) is 5.91 Å². The van der Waals surface area contributed by atoms with Crippen LogP contribution in [-0.4, -0.2) is 48.3 Å². The summed E-state index contributed by atoms with van der Waals surface area (Å²) in [7, 11) is 1.65. The molecule has 4 rings (SSSR count). The number of piperidine rings is 1. The minimum atomic E-state index is -0.168. The molecule has 2 heterocycles. The van der Waals surface area contributed by atoms with Gasteiger partial charge in [-0.2, -0.15) is 5.10 Å². The highest BCUT2D eigenvalue weighted by Crippen LogP contribution is 2.26. The van der Waals surface area contributed by atoms with Crippen LogP contribution in [0.5, 0.6) is 5.75 Å². The van der Waals surface area contributed by atoms with Gasteiger partial charge in [0.05, 0.1) is 12.8 Å². The lowest BCUT2D eigenvalue weighted by atomic mass is 10.0. The number of ether oxygens (including phenoxy) is 1. The van der Waals surface area contributed by atoms with E-state index in [9.17, 15) is 9.59 Å². The van der Waals surface area contributed by atoms with E-state index in [0.29, 0.717) is 17.8 Å². The monoisotopic (exact) mass is 433 g/mol. The van der Waals surface area contributed by atoms with Gasteiger partial charge >= 0.3 is 0 Å². The van der Waals surface area contributed by atoms with Crippen LogP contribution < -0.4 is 20.3 Å². The Morgan fingerprint density at radius 3 is 2.72 bits per heavy atom. The maximum absolute atomic E-state index is 12.8. The molecule has 0 unspecified atom stereocenters.